The van der Waals surface area contributed by atoms with Gasteiger partial charge in [0.05, 0.1) is 22.7 Å². The summed E-state index contributed by atoms with van der Waals surface area (Å²) in [6.45, 7) is 7.99. The molecular formula is C20H24BrNO4S. The third-order valence-corrected chi connectivity index (χ3v) is 5.59. The standard InChI is InChI=1S/C20H24BrNO4S/c1-7-26-18-13(21)8-12(9-14(18)25-6)10-15-19(24)22(5)17(27-15)11-16(23)20(2,3)4/h8-11H,7H2,1-6H3/b15-10-,17-11-. The van der Waals surface area contributed by atoms with Gasteiger partial charge in [-0.3, -0.25) is 9.59 Å². The molecule has 1 aromatic carbocycles. The summed E-state index contributed by atoms with van der Waals surface area (Å²) in [6, 6.07) is 3.69. The first kappa shape index (κ1) is 21.4. The van der Waals surface area contributed by atoms with Gasteiger partial charge in [0.25, 0.3) is 5.56 Å². The van der Waals surface area contributed by atoms with E-state index < -0.39 is 5.41 Å². The van der Waals surface area contributed by atoms with E-state index in [2.05, 4.69) is 15.9 Å². The maximum absolute atomic E-state index is 12.6. The van der Waals surface area contributed by atoms with Gasteiger partial charge in [0, 0.05) is 18.5 Å². The van der Waals surface area contributed by atoms with Crippen LogP contribution in [-0.2, 0) is 11.8 Å². The van der Waals surface area contributed by atoms with Crippen molar-refractivity contribution in [3.05, 3.63) is 41.7 Å². The molecule has 0 unspecified atom stereocenters. The number of halogens is 1. The molecule has 0 saturated heterocycles. The number of carbonyl (C=O) groups excluding carboxylic acids is 1. The molecule has 2 rings (SSSR count). The summed E-state index contributed by atoms with van der Waals surface area (Å²) in [5, 5.41) is 0. The summed E-state index contributed by atoms with van der Waals surface area (Å²) in [6.07, 6.45) is 3.33. The molecule has 2 aromatic rings. The van der Waals surface area contributed by atoms with Crippen molar-refractivity contribution < 1.29 is 14.3 Å². The van der Waals surface area contributed by atoms with E-state index in [9.17, 15) is 9.59 Å². The number of nitrogens with zero attached hydrogens (tertiary/aromatic N) is 1. The van der Waals surface area contributed by atoms with E-state index in [4.69, 9.17) is 9.47 Å². The van der Waals surface area contributed by atoms with Gasteiger partial charge in [-0.1, -0.05) is 20.8 Å². The molecule has 0 fully saturated rings. The molecule has 27 heavy (non-hydrogen) atoms. The SMILES string of the molecule is CCOc1c(Br)cc(/C=c2\s/c(=C\C(=O)C(C)(C)C)n(C)c2=O)cc1OC. The highest BCUT2D eigenvalue weighted by Gasteiger charge is 2.19. The van der Waals surface area contributed by atoms with Gasteiger partial charge in [-0.25, -0.2) is 0 Å². The summed E-state index contributed by atoms with van der Waals surface area (Å²) in [5.41, 5.74) is 0.170. The van der Waals surface area contributed by atoms with Crippen molar-refractivity contribution in [2.45, 2.75) is 27.7 Å². The lowest BCUT2D eigenvalue weighted by molar-refractivity contribution is -0.120. The van der Waals surface area contributed by atoms with Crippen LogP contribution in [0.2, 0.25) is 0 Å². The van der Waals surface area contributed by atoms with E-state index >= 15 is 0 Å². The Labute approximate surface area is 171 Å². The van der Waals surface area contributed by atoms with Crippen LogP contribution in [0, 0.1) is 5.41 Å². The fourth-order valence-electron chi connectivity index (χ4n) is 2.30. The summed E-state index contributed by atoms with van der Waals surface area (Å²) in [4.78, 5) is 24.9. The molecule has 5 nitrogen and oxygen atoms in total. The zero-order valence-corrected chi connectivity index (χ0v) is 18.8. The molecule has 0 spiro atoms. The predicted molar refractivity (Wildman–Crippen MR) is 113 cm³/mol. The number of carbonyl (C=O) groups is 1. The number of aromatic nitrogens is 1. The number of hydrogen-bond acceptors (Lipinski definition) is 5. The van der Waals surface area contributed by atoms with Crippen LogP contribution < -0.4 is 24.2 Å². The van der Waals surface area contributed by atoms with Gasteiger partial charge in [-0.15, -0.1) is 11.3 Å². The molecule has 146 valence electrons. The second-order valence-corrected chi connectivity index (χ2v) is 8.96. The third-order valence-electron chi connectivity index (χ3n) is 3.89. The normalized spacial score (nSPS) is 13.1. The number of thiazole rings is 1. The molecule has 0 bridgehead atoms. The number of rotatable bonds is 5. The Balaban J connectivity index is 2.60. The monoisotopic (exact) mass is 453 g/mol. The lowest BCUT2D eigenvalue weighted by atomic mass is 9.91. The Hall–Kier alpha value is -1.86. The topological polar surface area (TPSA) is 57.5 Å². The molecule has 1 heterocycles. The number of ether oxygens (including phenoxy) is 2. The highest BCUT2D eigenvalue weighted by atomic mass is 79.9. The first-order valence-electron chi connectivity index (χ1n) is 8.52. The summed E-state index contributed by atoms with van der Waals surface area (Å²) < 4.78 is 14.4. The van der Waals surface area contributed by atoms with Crippen LogP contribution in [0.5, 0.6) is 11.5 Å². The second kappa shape index (κ2) is 8.44. The number of benzene rings is 1. The minimum Gasteiger partial charge on any atom is -0.493 e. The lowest BCUT2D eigenvalue weighted by Gasteiger charge is -2.12. The van der Waals surface area contributed by atoms with Crippen molar-refractivity contribution in [3.8, 4) is 11.5 Å². The smallest absolute Gasteiger partial charge is 0.268 e. The quantitative estimate of drug-likeness (QED) is 0.698. The average molecular weight is 454 g/mol. The van der Waals surface area contributed by atoms with Gasteiger partial charge in [0.1, 0.15) is 4.66 Å². The van der Waals surface area contributed by atoms with E-state index in [0.29, 0.717) is 27.3 Å². The maximum atomic E-state index is 12.6. The highest BCUT2D eigenvalue weighted by molar-refractivity contribution is 9.10. The summed E-state index contributed by atoms with van der Waals surface area (Å²) in [7, 11) is 3.25. The van der Waals surface area contributed by atoms with Crippen molar-refractivity contribution in [2.24, 2.45) is 12.5 Å². The van der Waals surface area contributed by atoms with Crippen LogP contribution in [0.4, 0.5) is 0 Å². The molecule has 0 aliphatic rings. The maximum Gasteiger partial charge on any atom is 0.268 e. The van der Waals surface area contributed by atoms with E-state index in [0.717, 1.165) is 10.0 Å². The van der Waals surface area contributed by atoms with Gasteiger partial charge in [-0.2, -0.15) is 0 Å². The number of ketones is 1. The Morgan fingerprint density at radius 2 is 2.00 bits per heavy atom. The van der Waals surface area contributed by atoms with E-state index in [1.54, 1.807) is 20.2 Å². The van der Waals surface area contributed by atoms with E-state index in [1.165, 1.54) is 22.0 Å². The molecule has 0 aliphatic heterocycles. The Morgan fingerprint density at radius 3 is 2.56 bits per heavy atom. The van der Waals surface area contributed by atoms with Crippen LogP contribution in [-0.4, -0.2) is 24.1 Å². The van der Waals surface area contributed by atoms with Crippen LogP contribution in [0.1, 0.15) is 33.3 Å². The predicted octanol–water partition coefficient (Wildman–Crippen LogP) is 2.84. The largest absolute Gasteiger partial charge is 0.493 e. The first-order chi connectivity index (χ1) is 12.6. The molecule has 0 amide bonds. The van der Waals surface area contributed by atoms with Gasteiger partial charge >= 0.3 is 0 Å². The average Bonchev–Trinajstić information content (AvgIpc) is 2.84. The Morgan fingerprint density at radius 1 is 1.33 bits per heavy atom. The van der Waals surface area contributed by atoms with Crippen molar-refractivity contribution in [1.82, 2.24) is 4.57 Å². The number of hydrogen-bond donors (Lipinski definition) is 0. The van der Waals surface area contributed by atoms with Gasteiger partial charge in [0.15, 0.2) is 17.3 Å². The van der Waals surface area contributed by atoms with Crippen LogP contribution in [0.25, 0.3) is 12.2 Å². The summed E-state index contributed by atoms with van der Waals surface area (Å²) in [5.74, 6) is 1.19. The fourth-order valence-corrected chi connectivity index (χ4v) is 3.90. The molecule has 0 saturated carbocycles. The Kier molecular flexibility index (Phi) is 6.70. The van der Waals surface area contributed by atoms with Gasteiger partial charge < -0.3 is 14.0 Å². The first-order valence-corrected chi connectivity index (χ1v) is 10.1. The Bertz CT molecular complexity index is 1030. The number of methoxy groups -OCH3 is 1. The molecule has 0 N–H and O–H groups in total. The van der Waals surface area contributed by atoms with Crippen molar-refractivity contribution in [1.29, 1.82) is 0 Å². The third kappa shape index (κ3) is 4.90. The molecule has 1 aromatic heterocycles. The van der Waals surface area contributed by atoms with Crippen LogP contribution in [0.15, 0.2) is 21.4 Å². The van der Waals surface area contributed by atoms with Gasteiger partial charge in [0.2, 0.25) is 0 Å². The molecule has 0 atom stereocenters. The minimum absolute atomic E-state index is 0.0172. The molecule has 7 heteroatoms. The van der Waals surface area contributed by atoms with Crippen molar-refractivity contribution in [2.75, 3.05) is 13.7 Å². The second-order valence-electron chi connectivity index (χ2n) is 7.04. The van der Waals surface area contributed by atoms with Gasteiger partial charge in [-0.05, 0) is 46.6 Å². The van der Waals surface area contributed by atoms with Crippen molar-refractivity contribution in [3.63, 3.8) is 0 Å². The zero-order valence-electron chi connectivity index (χ0n) is 16.4. The molecule has 0 aliphatic carbocycles. The molecular weight excluding hydrogens is 430 g/mol. The van der Waals surface area contributed by atoms with E-state index in [-0.39, 0.29) is 11.3 Å². The minimum atomic E-state index is -0.489. The molecule has 0 radical (unpaired) electrons. The number of Topliss-reactive ketones (excluding diaryl/α,β-unsaturated/α-hetero) is 1. The fraction of sp³-hybridized carbons (Fsp3) is 0.400. The van der Waals surface area contributed by atoms with E-state index in [1.807, 2.05) is 39.8 Å². The van der Waals surface area contributed by atoms with Crippen molar-refractivity contribution >= 4 is 45.2 Å². The zero-order chi connectivity index (χ0) is 20.4. The lowest BCUT2D eigenvalue weighted by Crippen LogP contribution is -2.30. The summed E-state index contributed by atoms with van der Waals surface area (Å²) >= 11 is 4.78. The van der Waals surface area contributed by atoms with Crippen LogP contribution in [0.3, 0.4) is 0 Å². The van der Waals surface area contributed by atoms with Crippen LogP contribution >= 0.6 is 27.3 Å². The highest BCUT2D eigenvalue weighted by Crippen LogP contribution is 2.36.